The van der Waals surface area contributed by atoms with Crippen LogP contribution in [0.5, 0.6) is 0 Å². The molecule has 3 saturated carbocycles. The molecule has 1 spiro atoms. The highest BCUT2D eigenvalue weighted by atomic mass is 19.1. The van der Waals surface area contributed by atoms with Crippen molar-refractivity contribution in [2.24, 2.45) is 27.6 Å². The quantitative estimate of drug-likeness (QED) is 0.544. The van der Waals surface area contributed by atoms with Crippen molar-refractivity contribution in [3.05, 3.63) is 41.8 Å². The third kappa shape index (κ3) is 3.03. The van der Waals surface area contributed by atoms with E-state index in [0.29, 0.717) is 18.1 Å². The molecule has 1 aromatic heterocycles. The monoisotopic (exact) mass is 407 g/mol. The SMILES string of the molecule is CC(C)(C)CC(=O)C1CC12C[C@]1(C)CC(c3ccnc4ccc(F)cc34)C[C@]1(C)C2. The van der Waals surface area contributed by atoms with E-state index in [4.69, 9.17) is 0 Å². The molecule has 3 unspecified atom stereocenters. The topological polar surface area (TPSA) is 30.0 Å². The molecule has 2 nitrogen and oxygen atoms in total. The summed E-state index contributed by atoms with van der Waals surface area (Å²) in [5, 5.41) is 0.967. The fraction of sp³-hybridized carbons (Fsp3) is 0.630. The molecule has 3 fully saturated rings. The van der Waals surface area contributed by atoms with Crippen molar-refractivity contribution in [1.82, 2.24) is 4.98 Å². The van der Waals surface area contributed by atoms with Gasteiger partial charge in [-0.15, -0.1) is 0 Å². The molecule has 0 N–H and O–H groups in total. The van der Waals surface area contributed by atoms with Crippen LogP contribution in [-0.4, -0.2) is 10.8 Å². The minimum absolute atomic E-state index is 0.0753. The molecule has 160 valence electrons. The first-order valence-electron chi connectivity index (χ1n) is 11.5. The number of Topliss-reactive ketones (excluding diaryl/α,β-unsaturated/α-hetero) is 1. The molecule has 0 bridgehead atoms. The van der Waals surface area contributed by atoms with E-state index in [9.17, 15) is 9.18 Å². The normalized spacial score (nSPS) is 37.7. The van der Waals surface area contributed by atoms with E-state index in [1.54, 1.807) is 12.1 Å². The molecule has 0 amide bonds. The summed E-state index contributed by atoms with van der Waals surface area (Å²) >= 11 is 0. The number of nitrogens with zero attached hydrogens (tertiary/aromatic N) is 1. The van der Waals surface area contributed by atoms with Crippen LogP contribution in [0.2, 0.25) is 0 Å². The number of hydrogen-bond acceptors (Lipinski definition) is 2. The molecule has 3 aliphatic rings. The smallest absolute Gasteiger partial charge is 0.137 e. The maximum absolute atomic E-state index is 14.0. The Bertz CT molecular complexity index is 1020. The zero-order valence-electron chi connectivity index (χ0n) is 19.0. The Morgan fingerprint density at radius 3 is 2.40 bits per heavy atom. The molecule has 1 aromatic carbocycles. The van der Waals surface area contributed by atoms with Gasteiger partial charge in [0.15, 0.2) is 0 Å². The van der Waals surface area contributed by atoms with Crippen molar-refractivity contribution in [3.8, 4) is 0 Å². The number of carbonyl (C=O) groups is 1. The van der Waals surface area contributed by atoms with Gasteiger partial charge in [-0.05, 0) is 89.5 Å². The number of fused-ring (bicyclic) bond motifs is 2. The van der Waals surface area contributed by atoms with Crippen LogP contribution in [0.15, 0.2) is 30.5 Å². The van der Waals surface area contributed by atoms with Gasteiger partial charge in [0.2, 0.25) is 0 Å². The number of ketones is 1. The van der Waals surface area contributed by atoms with Gasteiger partial charge >= 0.3 is 0 Å². The predicted molar refractivity (Wildman–Crippen MR) is 119 cm³/mol. The second-order valence-electron chi connectivity index (χ2n) is 12.5. The number of benzene rings is 1. The van der Waals surface area contributed by atoms with Gasteiger partial charge in [-0.2, -0.15) is 0 Å². The Kier molecular flexibility index (Phi) is 4.13. The summed E-state index contributed by atoms with van der Waals surface area (Å²) in [6.07, 6.45) is 8.26. The number of hydrogen-bond donors (Lipinski definition) is 0. The van der Waals surface area contributed by atoms with Crippen molar-refractivity contribution < 1.29 is 9.18 Å². The van der Waals surface area contributed by atoms with Crippen molar-refractivity contribution >= 4 is 16.7 Å². The summed E-state index contributed by atoms with van der Waals surface area (Å²) in [6.45, 7) is 11.4. The summed E-state index contributed by atoms with van der Waals surface area (Å²) in [5.41, 5.74) is 2.96. The fourth-order valence-corrected chi connectivity index (χ4v) is 7.40. The van der Waals surface area contributed by atoms with Gasteiger partial charge < -0.3 is 0 Å². The van der Waals surface area contributed by atoms with Crippen LogP contribution in [0.4, 0.5) is 4.39 Å². The third-order valence-corrected chi connectivity index (χ3v) is 8.80. The van der Waals surface area contributed by atoms with Crippen molar-refractivity contribution in [1.29, 1.82) is 0 Å². The first-order valence-corrected chi connectivity index (χ1v) is 11.5. The minimum Gasteiger partial charge on any atom is -0.299 e. The highest BCUT2D eigenvalue weighted by Crippen LogP contribution is 2.79. The van der Waals surface area contributed by atoms with Crippen LogP contribution in [0.3, 0.4) is 0 Å². The van der Waals surface area contributed by atoms with E-state index in [0.717, 1.165) is 30.2 Å². The Balaban J connectivity index is 1.39. The lowest BCUT2D eigenvalue weighted by Gasteiger charge is -2.34. The summed E-state index contributed by atoms with van der Waals surface area (Å²) < 4.78 is 14.0. The van der Waals surface area contributed by atoms with Crippen LogP contribution >= 0.6 is 0 Å². The Hall–Kier alpha value is -1.77. The first kappa shape index (κ1) is 20.2. The molecular weight excluding hydrogens is 373 g/mol. The third-order valence-electron chi connectivity index (χ3n) is 8.80. The van der Waals surface area contributed by atoms with Gasteiger partial charge in [0, 0.05) is 23.9 Å². The predicted octanol–water partition coefficient (Wildman–Crippen LogP) is 7.07. The van der Waals surface area contributed by atoms with E-state index in [1.807, 2.05) is 6.20 Å². The maximum atomic E-state index is 14.0. The molecule has 1 heterocycles. The highest BCUT2D eigenvalue weighted by Gasteiger charge is 2.71. The lowest BCUT2D eigenvalue weighted by atomic mass is 9.71. The van der Waals surface area contributed by atoms with Gasteiger partial charge in [-0.3, -0.25) is 9.78 Å². The van der Waals surface area contributed by atoms with E-state index in [2.05, 4.69) is 45.7 Å². The second kappa shape index (κ2) is 6.14. The summed E-state index contributed by atoms with van der Waals surface area (Å²) in [7, 11) is 0. The summed E-state index contributed by atoms with van der Waals surface area (Å²) in [5.74, 6) is 1.02. The molecule has 5 atom stereocenters. The number of aromatic nitrogens is 1. The Morgan fingerprint density at radius 1 is 1.10 bits per heavy atom. The number of pyridine rings is 1. The Labute approximate surface area is 179 Å². The molecule has 0 aliphatic heterocycles. The van der Waals surface area contributed by atoms with Gasteiger partial charge in [-0.1, -0.05) is 34.6 Å². The molecule has 30 heavy (non-hydrogen) atoms. The molecule has 2 aromatic rings. The van der Waals surface area contributed by atoms with Crippen LogP contribution in [-0.2, 0) is 4.79 Å². The van der Waals surface area contributed by atoms with Crippen LogP contribution in [0.1, 0.15) is 84.6 Å². The largest absolute Gasteiger partial charge is 0.299 e. The lowest BCUT2D eigenvalue weighted by molar-refractivity contribution is -0.122. The summed E-state index contributed by atoms with van der Waals surface area (Å²) in [4.78, 5) is 17.4. The van der Waals surface area contributed by atoms with E-state index < -0.39 is 0 Å². The summed E-state index contributed by atoms with van der Waals surface area (Å²) in [6, 6.07) is 7.04. The first-order chi connectivity index (χ1) is 13.9. The maximum Gasteiger partial charge on any atom is 0.137 e. The highest BCUT2D eigenvalue weighted by molar-refractivity contribution is 5.85. The Morgan fingerprint density at radius 2 is 1.77 bits per heavy atom. The van der Waals surface area contributed by atoms with Crippen LogP contribution in [0.25, 0.3) is 10.9 Å². The van der Waals surface area contributed by atoms with E-state index in [1.165, 1.54) is 24.5 Å². The average molecular weight is 408 g/mol. The standard InChI is InChI=1S/C27H34FNO/c1-24(2,3)14-23(30)21-13-27(21)15-25(4)11-17(12-26(25,5)16-27)19-8-9-29-22-7-6-18(28)10-20(19)22/h6-10,17,21H,11-16H2,1-5H3/t17?,21?,25-,26+,27?. The number of rotatable bonds is 3. The zero-order valence-corrected chi connectivity index (χ0v) is 19.0. The van der Waals surface area contributed by atoms with Gasteiger partial charge in [0.25, 0.3) is 0 Å². The molecule has 5 rings (SSSR count). The average Bonchev–Trinajstić information content (AvgIpc) is 3.17. The number of carbonyl (C=O) groups excluding carboxylic acids is 1. The molecule has 0 saturated heterocycles. The van der Waals surface area contributed by atoms with Crippen molar-refractivity contribution in [2.75, 3.05) is 0 Å². The number of halogens is 1. The molecule has 0 radical (unpaired) electrons. The van der Waals surface area contributed by atoms with E-state index in [-0.39, 0.29) is 33.4 Å². The second-order valence-corrected chi connectivity index (χ2v) is 12.5. The van der Waals surface area contributed by atoms with Gasteiger partial charge in [-0.25, -0.2) is 4.39 Å². The molecule has 3 aliphatic carbocycles. The molecular formula is C27H34FNO. The fourth-order valence-electron chi connectivity index (χ4n) is 7.40. The van der Waals surface area contributed by atoms with E-state index >= 15 is 0 Å². The van der Waals surface area contributed by atoms with Crippen molar-refractivity contribution in [2.45, 2.75) is 79.1 Å². The molecule has 3 heteroatoms. The van der Waals surface area contributed by atoms with Crippen LogP contribution in [0, 0.1) is 33.4 Å². The zero-order chi connectivity index (χ0) is 21.5. The van der Waals surface area contributed by atoms with Crippen LogP contribution < -0.4 is 0 Å². The van der Waals surface area contributed by atoms with Crippen molar-refractivity contribution in [3.63, 3.8) is 0 Å². The minimum atomic E-state index is -0.190. The van der Waals surface area contributed by atoms with Gasteiger partial charge in [0.1, 0.15) is 11.6 Å². The van der Waals surface area contributed by atoms with Gasteiger partial charge in [0.05, 0.1) is 5.52 Å². The lowest BCUT2D eigenvalue weighted by Crippen LogP contribution is -2.25.